The number of carbonyl (C=O) groups excluding carboxylic acids is 2. The van der Waals surface area contributed by atoms with Gasteiger partial charge < -0.3 is 4.74 Å². The highest BCUT2D eigenvalue weighted by molar-refractivity contribution is 5.98. The number of allylic oxidation sites excluding steroid dienone is 9. The number of ketones is 1. The maximum absolute atomic E-state index is 12.1. The monoisotopic (exact) mass is 443 g/mol. The molecule has 0 heterocycles. The summed E-state index contributed by atoms with van der Waals surface area (Å²) in [6, 6.07) is 8.21. The van der Waals surface area contributed by atoms with Crippen molar-refractivity contribution < 1.29 is 14.3 Å². The molecule has 4 nitrogen and oxygen atoms in total. The van der Waals surface area contributed by atoms with E-state index < -0.39 is 5.97 Å². The Morgan fingerprint density at radius 1 is 1.12 bits per heavy atom. The Labute approximate surface area is 197 Å². The predicted octanol–water partition coefficient (Wildman–Crippen LogP) is 6.82. The summed E-state index contributed by atoms with van der Waals surface area (Å²) >= 11 is 0. The molecule has 0 radical (unpaired) electrons. The fourth-order valence-corrected chi connectivity index (χ4v) is 3.86. The first-order valence-electron chi connectivity index (χ1n) is 11.2. The van der Waals surface area contributed by atoms with E-state index in [0.717, 1.165) is 11.1 Å². The van der Waals surface area contributed by atoms with Gasteiger partial charge in [0.25, 0.3) is 0 Å². The van der Waals surface area contributed by atoms with Crippen molar-refractivity contribution in [1.82, 2.24) is 0 Å². The first-order chi connectivity index (χ1) is 15.6. The van der Waals surface area contributed by atoms with Crippen LogP contribution in [0.5, 0.6) is 0 Å². The highest BCUT2D eigenvalue weighted by atomic mass is 16.5. The lowest BCUT2D eigenvalue weighted by Gasteiger charge is -2.32. The summed E-state index contributed by atoms with van der Waals surface area (Å²) in [5.41, 5.74) is 5.84. The normalized spacial score (nSPS) is 16.8. The summed E-state index contributed by atoms with van der Waals surface area (Å²) in [6.45, 7) is 10.4. The van der Waals surface area contributed by atoms with Crippen LogP contribution in [0.3, 0.4) is 0 Å². The second-order valence-corrected chi connectivity index (χ2v) is 9.14. The van der Waals surface area contributed by atoms with Crippen LogP contribution >= 0.6 is 0 Å². The molecule has 0 spiro atoms. The predicted molar refractivity (Wildman–Crippen MR) is 133 cm³/mol. The number of hydrogen-bond donors (Lipinski definition) is 0. The molecule has 0 aliphatic heterocycles. The van der Waals surface area contributed by atoms with Gasteiger partial charge in [-0.25, -0.2) is 4.79 Å². The molecule has 172 valence electrons. The zero-order valence-electron chi connectivity index (χ0n) is 20.3. The van der Waals surface area contributed by atoms with E-state index in [1.54, 1.807) is 31.2 Å². The summed E-state index contributed by atoms with van der Waals surface area (Å²) in [7, 11) is 0. The van der Waals surface area contributed by atoms with Gasteiger partial charge in [0.2, 0.25) is 0 Å². The Kier molecular flexibility index (Phi) is 9.36. The van der Waals surface area contributed by atoms with Gasteiger partial charge in [-0.3, -0.25) is 4.79 Å². The third-order valence-corrected chi connectivity index (χ3v) is 5.80. The van der Waals surface area contributed by atoms with Crippen LogP contribution in [0.15, 0.2) is 83.0 Å². The van der Waals surface area contributed by atoms with Crippen molar-refractivity contribution in [3.05, 3.63) is 94.1 Å². The van der Waals surface area contributed by atoms with E-state index in [9.17, 15) is 9.59 Å². The number of carbonyl (C=O) groups is 2. The van der Waals surface area contributed by atoms with E-state index in [-0.39, 0.29) is 17.8 Å². The fraction of sp³-hybridized carbons (Fsp3) is 0.345. The molecule has 1 aliphatic rings. The summed E-state index contributed by atoms with van der Waals surface area (Å²) in [6.07, 6.45) is 15.1. The smallest absolute Gasteiger partial charge is 0.331 e. The third kappa shape index (κ3) is 8.20. The molecule has 0 N–H and O–H groups in total. The van der Waals surface area contributed by atoms with E-state index in [2.05, 4.69) is 39.8 Å². The van der Waals surface area contributed by atoms with Crippen LogP contribution in [-0.2, 0) is 9.53 Å². The Bertz CT molecular complexity index is 1070. The first kappa shape index (κ1) is 25.8. The van der Waals surface area contributed by atoms with Crippen LogP contribution in [0, 0.1) is 16.7 Å². The number of Topliss-reactive ketones (excluding diaryl/α,β-unsaturated/α-hetero) is 1. The van der Waals surface area contributed by atoms with E-state index >= 15 is 0 Å². The molecule has 0 aromatic heterocycles. The Balaban J connectivity index is 1.89. The van der Waals surface area contributed by atoms with Crippen molar-refractivity contribution in [1.29, 1.82) is 5.26 Å². The van der Waals surface area contributed by atoms with Gasteiger partial charge in [-0.2, -0.15) is 5.26 Å². The molecule has 2 rings (SSSR count). The number of hydrogen-bond acceptors (Lipinski definition) is 4. The van der Waals surface area contributed by atoms with E-state index in [0.29, 0.717) is 11.1 Å². The van der Waals surface area contributed by atoms with E-state index in [1.807, 2.05) is 24.3 Å². The van der Waals surface area contributed by atoms with Crippen LogP contribution in [0.2, 0.25) is 0 Å². The second-order valence-electron chi connectivity index (χ2n) is 9.14. The minimum Gasteiger partial charge on any atom is -0.454 e. The number of esters is 1. The Morgan fingerprint density at radius 2 is 1.82 bits per heavy atom. The SMILES string of the molecule is CC(C=CC1=C(C)CCCC1(C)C)=CC=CC(C)=CC(=O)OCC(=O)c1ccc(C#N)cc1. The molecule has 1 aromatic carbocycles. The molecule has 0 unspecified atom stereocenters. The van der Waals surface area contributed by atoms with Crippen molar-refractivity contribution in [2.75, 3.05) is 6.61 Å². The largest absolute Gasteiger partial charge is 0.454 e. The molecule has 0 bridgehead atoms. The fourth-order valence-electron chi connectivity index (χ4n) is 3.86. The summed E-state index contributed by atoms with van der Waals surface area (Å²) in [5, 5.41) is 8.80. The average molecular weight is 444 g/mol. The van der Waals surface area contributed by atoms with Gasteiger partial charge in [0, 0.05) is 11.6 Å². The molecule has 0 saturated carbocycles. The molecule has 4 heteroatoms. The van der Waals surface area contributed by atoms with Gasteiger partial charge in [0.05, 0.1) is 11.6 Å². The van der Waals surface area contributed by atoms with E-state index in [4.69, 9.17) is 10.00 Å². The van der Waals surface area contributed by atoms with Gasteiger partial charge in [0.15, 0.2) is 12.4 Å². The van der Waals surface area contributed by atoms with Gasteiger partial charge >= 0.3 is 5.97 Å². The highest BCUT2D eigenvalue weighted by Crippen LogP contribution is 2.40. The van der Waals surface area contributed by atoms with Crippen molar-refractivity contribution in [3.63, 3.8) is 0 Å². The van der Waals surface area contributed by atoms with E-state index in [1.165, 1.54) is 36.5 Å². The average Bonchev–Trinajstić information content (AvgIpc) is 2.76. The highest BCUT2D eigenvalue weighted by Gasteiger charge is 2.26. The number of nitrogens with zero attached hydrogens (tertiary/aromatic N) is 1. The number of rotatable bonds is 8. The maximum atomic E-state index is 12.1. The molecule has 0 amide bonds. The molecule has 33 heavy (non-hydrogen) atoms. The first-order valence-corrected chi connectivity index (χ1v) is 11.2. The summed E-state index contributed by atoms with van der Waals surface area (Å²) < 4.78 is 5.05. The van der Waals surface area contributed by atoms with Crippen LogP contribution in [0.4, 0.5) is 0 Å². The zero-order chi connectivity index (χ0) is 24.4. The standard InChI is InChI=1S/C29H33NO3/c1-21(11-16-26-23(3)10-7-17-29(26,4)5)8-6-9-22(2)18-28(32)33-20-27(31)25-14-12-24(19-30)13-15-25/h6,8-9,11-16,18H,7,10,17,20H2,1-5H3. The molecule has 0 fully saturated rings. The van der Waals surface area contributed by atoms with Crippen LogP contribution < -0.4 is 0 Å². The lowest BCUT2D eigenvalue weighted by molar-refractivity contribution is -0.136. The van der Waals surface area contributed by atoms with Gasteiger partial charge in [-0.1, -0.05) is 55.4 Å². The van der Waals surface area contributed by atoms with Crippen molar-refractivity contribution in [2.24, 2.45) is 5.41 Å². The Morgan fingerprint density at radius 3 is 2.45 bits per heavy atom. The molecule has 0 saturated heterocycles. The third-order valence-electron chi connectivity index (χ3n) is 5.80. The quantitative estimate of drug-likeness (QED) is 0.191. The lowest BCUT2D eigenvalue weighted by atomic mass is 9.72. The second kappa shape index (κ2) is 12.0. The molecule has 1 aromatic rings. The molecule has 1 aliphatic carbocycles. The summed E-state index contributed by atoms with van der Waals surface area (Å²) in [4.78, 5) is 24.1. The maximum Gasteiger partial charge on any atom is 0.331 e. The molecular formula is C29H33NO3. The molecular weight excluding hydrogens is 410 g/mol. The van der Waals surface area contributed by atoms with Gasteiger partial charge in [-0.05, 0) is 80.9 Å². The summed E-state index contributed by atoms with van der Waals surface area (Å²) in [5.74, 6) is -0.882. The van der Waals surface area contributed by atoms with Crippen LogP contribution in [0.25, 0.3) is 0 Å². The van der Waals surface area contributed by atoms with Crippen molar-refractivity contribution in [3.8, 4) is 6.07 Å². The van der Waals surface area contributed by atoms with Crippen LogP contribution in [0.1, 0.15) is 69.8 Å². The number of ether oxygens (including phenoxy) is 1. The van der Waals surface area contributed by atoms with Gasteiger partial charge in [0.1, 0.15) is 0 Å². The topological polar surface area (TPSA) is 67.2 Å². The minimum absolute atomic E-state index is 0.218. The van der Waals surface area contributed by atoms with Crippen LogP contribution in [-0.4, -0.2) is 18.4 Å². The molecule has 0 atom stereocenters. The lowest BCUT2D eigenvalue weighted by Crippen LogP contribution is -2.19. The van der Waals surface area contributed by atoms with Gasteiger partial charge in [-0.15, -0.1) is 0 Å². The Hall–Kier alpha value is -3.45. The zero-order valence-corrected chi connectivity index (χ0v) is 20.3. The number of benzene rings is 1. The van der Waals surface area contributed by atoms with Crippen molar-refractivity contribution >= 4 is 11.8 Å². The van der Waals surface area contributed by atoms with Crippen molar-refractivity contribution in [2.45, 2.75) is 53.9 Å². The number of nitriles is 1. The minimum atomic E-state index is -0.568.